The predicted molar refractivity (Wildman–Crippen MR) is 108 cm³/mol. The van der Waals surface area contributed by atoms with Crippen molar-refractivity contribution >= 4 is 22.9 Å². The van der Waals surface area contributed by atoms with Gasteiger partial charge in [0, 0.05) is 10.9 Å². The minimum atomic E-state index is -0.315. The fourth-order valence-corrected chi connectivity index (χ4v) is 2.80. The van der Waals surface area contributed by atoms with E-state index >= 15 is 0 Å². The van der Waals surface area contributed by atoms with Crippen molar-refractivity contribution < 1.29 is 14.3 Å². The van der Waals surface area contributed by atoms with Crippen LogP contribution in [-0.4, -0.2) is 25.8 Å². The zero-order valence-corrected chi connectivity index (χ0v) is 15.7. The highest BCUT2D eigenvalue weighted by Crippen LogP contribution is 2.27. The van der Waals surface area contributed by atoms with Crippen LogP contribution < -0.4 is 14.9 Å². The summed E-state index contributed by atoms with van der Waals surface area (Å²) >= 11 is 0. The van der Waals surface area contributed by atoms with E-state index < -0.39 is 0 Å². The second-order valence-electron chi connectivity index (χ2n) is 6.25. The fraction of sp³-hybridized carbons (Fsp3) is 0.182. The first-order chi connectivity index (χ1) is 13.1. The van der Waals surface area contributed by atoms with E-state index in [4.69, 9.17) is 9.47 Å². The van der Waals surface area contributed by atoms with Crippen LogP contribution in [0.5, 0.6) is 11.5 Å². The fourth-order valence-electron chi connectivity index (χ4n) is 2.80. The summed E-state index contributed by atoms with van der Waals surface area (Å²) in [6.45, 7) is 3.83. The maximum atomic E-state index is 12.0. The summed E-state index contributed by atoms with van der Waals surface area (Å²) < 4.78 is 11.0. The summed E-state index contributed by atoms with van der Waals surface area (Å²) in [6, 6.07) is 17.6. The van der Waals surface area contributed by atoms with Gasteiger partial charge in [0.25, 0.3) is 5.91 Å². The van der Waals surface area contributed by atoms with Crippen LogP contribution in [0, 0.1) is 13.8 Å². The molecule has 5 heteroatoms. The molecule has 0 unspecified atom stereocenters. The SMILES string of the molecule is COc1ccc(C=NNC(=O)COc2cc(C)ccc2C)c2ccccc12. The molecule has 0 fully saturated rings. The molecular formula is C22H22N2O3. The highest BCUT2D eigenvalue weighted by atomic mass is 16.5. The van der Waals surface area contributed by atoms with Gasteiger partial charge in [-0.05, 0) is 48.6 Å². The van der Waals surface area contributed by atoms with Crippen molar-refractivity contribution in [2.24, 2.45) is 5.10 Å². The number of nitrogens with one attached hydrogen (secondary N) is 1. The van der Waals surface area contributed by atoms with Crippen LogP contribution in [0.4, 0.5) is 0 Å². The van der Waals surface area contributed by atoms with E-state index in [1.807, 2.05) is 68.4 Å². The van der Waals surface area contributed by atoms with Gasteiger partial charge in [-0.1, -0.05) is 36.4 Å². The highest BCUT2D eigenvalue weighted by Gasteiger charge is 2.06. The molecule has 3 aromatic rings. The average Bonchev–Trinajstić information content (AvgIpc) is 2.68. The lowest BCUT2D eigenvalue weighted by Crippen LogP contribution is -2.24. The second kappa shape index (κ2) is 8.36. The van der Waals surface area contributed by atoms with Gasteiger partial charge in [0.2, 0.25) is 0 Å². The number of amides is 1. The topological polar surface area (TPSA) is 59.9 Å². The van der Waals surface area contributed by atoms with Crippen LogP contribution in [-0.2, 0) is 4.79 Å². The summed E-state index contributed by atoms with van der Waals surface area (Å²) in [5, 5.41) is 6.05. The molecule has 0 heterocycles. The number of ether oxygens (including phenoxy) is 2. The van der Waals surface area contributed by atoms with Crippen molar-refractivity contribution in [3.05, 3.63) is 71.3 Å². The van der Waals surface area contributed by atoms with E-state index in [2.05, 4.69) is 10.5 Å². The van der Waals surface area contributed by atoms with Crippen molar-refractivity contribution in [3.63, 3.8) is 0 Å². The molecule has 3 rings (SSSR count). The number of fused-ring (bicyclic) bond motifs is 1. The second-order valence-corrected chi connectivity index (χ2v) is 6.25. The predicted octanol–water partition coefficient (Wildman–Crippen LogP) is 3.99. The summed E-state index contributed by atoms with van der Waals surface area (Å²) in [4.78, 5) is 12.0. The molecule has 138 valence electrons. The van der Waals surface area contributed by atoms with Crippen LogP contribution in [0.1, 0.15) is 16.7 Å². The van der Waals surface area contributed by atoms with Gasteiger partial charge in [-0.25, -0.2) is 5.43 Å². The van der Waals surface area contributed by atoms with Crippen molar-refractivity contribution in [2.45, 2.75) is 13.8 Å². The summed E-state index contributed by atoms with van der Waals surface area (Å²) in [5.74, 6) is 1.19. The first kappa shape index (κ1) is 18.5. The van der Waals surface area contributed by atoms with Crippen molar-refractivity contribution in [2.75, 3.05) is 13.7 Å². The molecular weight excluding hydrogens is 340 g/mol. The number of aryl methyl sites for hydroxylation is 2. The number of hydrogen-bond acceptors (Lipinski definition) is 4. The van der Waals surface area contributed by atoms with Crippen LogP contribution >= 0.6 is 0 Å². The summed E-state index contributed by atoms with van der Waals surface area (Å²) in [6.07, 6.45) is 1.62. The first-order valence-corrected chi connectivity index (χ1v) is 8.66. The molecule has 0 bridgehead atoms. The number of methoxy groups -OCH3 is 1. The Morgan fingerprint density at radius 1 is 1.04 bits per heavy atom. The maximum Gasteiger partial charge on any atom is 0.277 e. The van der Waals surface area contributed by atoms with E-state index in [0.717, 1.165) is 33.2 Å². The van der Waals surface area contributed by atoms with Gasteiger partial charge in [-0.15, -0.1) is 0 Å². The first-order valence-electron chi connectivity index (χ1n) is 8.66. The number of carbonyl (C=O) groups excluding carboxylic acids is 1. The van der Waals surface area contributed by atoms with Gasteiger partial charge in [0.05, 0.1) is 13.3 Å². The third-order valence-electron chi connectivity index (χ3n) is 4.23. The lowest BCUT2D eigenvalue weighted by Gasteiger charge is -2.09. The molecule has 1 amide bonds. The van der Waals surface area contributed by atoms with Crippen molar-refractivity contribution in [1.29, 1.82) is 0 Å². The van der Waals surface area contributed by atoms with Gasteiger partial charge >= 0.3 is 0 Å². The van der Waals surface area contributed by atoms with E-state index in [9.17, 15) is 4.79 Å². The smallest absolute Gasteiger partial charge is 0.277 e. The Morgan fingerprint density at radius 2 is 1.81 bits per heavy atom. The molecule has 0 aliphatic heterocycles. The molecule has 0 saturated heterocycles. The molecule has 1 N–H and O–H groups in total. The zero-order chi connectivity index (χ0) is 19.2. The van der Waals surface area contributed by atoms with Gasteiger partial charge in [-0.3, -0.25) is 4.79 Å². The number of hydrogen-bond donors (Lipinski definition) is 1. The standard InChI is InChI=1S/C22H22N2O3/c1-15-8-9-16(2)21(12-15)27-14-22(25)24-23-13-17-10-11-20(26-3)19-7-5-4-6-18(17)19/h4-13H,14H2,1-3H3,(H,24,25). The molecule has 0 spiro atoms. The third kappa shape index (κ3) is 4.44. The number of nitrogens with zero attached hydrogens (tertiary/aromatic N) is 1. The zero-order valence-electron chi connectivity index (χ0n) is 15.7. The van der Waals surface area contributed by atoms with Gasteiger partial charge in [0.15, 0.2) is 6.61 Å². The molecule has 3 aromatic carbocycles. The van der Waals surface area contributed by atoms with E-state index in [-0.39, 0.29) is 12.5 Å². The molecule has 0 aliphatic carbocycles. The third-order valence-corrected chi connectivity index (χ3v) is 4.23. The van der Waals surface area contributed by atoms with Crippen LogP contribution in [0.25, 0.3) is 10.8 Å². The molecule has 5 nitrogen and oxygen atoms in total. The van der Waals surface area contributed by atoms with Crippen LogP contribution in [0.2, 0.25) is 0 Å². The van der Waals surface area contributed by atoms with E-state index in [0.29, 0.717) is 5.75 Å². The molecule has 0 saturated carbocycles. The van der Waals surface area contributed by atoms with Gasteiger partial charge < -0.3 is 9.47 Å². The molecule has 0 radical (unpaired) electrons. The summed E-state index contributed by atoms with van der Waals surface area (Å²) in [5.41, 5.74) is 5.47. The average molecular weight is 362 g/mol. The molecule has 0 atom stereocenters. The lowest BCUT2D eigenvalue weighted by molar-refractivity contribution is -0.123. The molecule has 27 heavy (non-hydrogen) atoms. The molecule has 0 aliphatic rings. The maximum absolute atomic E-state index is 12.0. The monoisotopic (exact) mass is 362 g/mol. The number of rotatable bonds is 6. The highest BCUT2D eigenvalue weighted by molar-refractivity contribution is 6.02. The lowest BCUT2D eigenvalue weighted by atomic mass is 10.0. The minimum absolute atomic E-state index is 0.0923. The Hall–Kier alpha value is -3.34. The van der Waals surface area contributed by atoms with E-state index in [1.54, 1.807) is 13.3 Å². The van der Waals surface area contributed by atoms with Crippen molar-refractivity contribution in [1.82, 2.24) is 5.43 Å². The number of hydrazone groups is 1. The Morgan fingerprint density at radius 3 is 2.59 bits per heavy atom. The Balaban J connectivity index is 1.64. The van der Waals surface area contributed by atoms with Crippen LogP contribution in [0.15, 0.2) is 59.7 Å². The normalized spacial score (nSPS) is 10.9. The largest absolute Gasteiger partial charge is 0.496 e. The van der Waals surface area contributed by atoms with Crippen LogP contribution in [0.3, 0.4) is 0 Å². The van der Waals surface area contributed by atoms with Gasteiger partial charge in [-0.2, -0.15) is 5.10 Å². The number of carbonyl (C=O) groups is 1. The molecule has 0 aromatic heterocycles. The Labute approximate surface area is 158 Å². The quantitative estimate of drug-likeness (QED) is 0.533. The van der Waals surface area contributed by atoms with Gasteiger partial charge in [0.1, 0.15) is 11.5 Å². The minimum Gasteiger partial charge on any atom is -0.496 e. The van der Waals surface area contributed by atoms with Crippen molar-refractivity contribution in [3.8, 4) is 11.5 Å². The Kier molecular flexibility index (Phi) is 5.71. The Bertz CT molecular complexity index is 996. The van der Waals surface area contributed by atoms with E-state index in [1.165, 1.54) is 0 Å². The summed E-state index contributed by atoms with van der Waals surface area (Å²) in [7, 11) is 1.64. The number of benzene rings is 3.